The van der Waals surface area contributed by atoms with Gasteiger partial charge in [0, 0.05) is 20.1 Å². The number of methoxy groups -OCH3 is 1. The lowest BCUT2D eigenvalue weighted by Crippen LogP contribution is -2.41. The second-order valence-electron chi connectivity index (χ2n) is 10.5. The molecule has 45 heavy (non-hydrogen) atoms. The number of halogens is 2. The zero-order valence-electron chi connectivity index (χ0n) is 24.8. The number of carbonyl (C=O) groups is 2. The number of fused-ring (bicyclic) bond motifs is 2. The Balaban J connectivity index is 1.65. The number of allylic oxidation sites excluding steroid dienone is 1. The summed E-state index contributed by atoms with van der Waals surface area (Å²) in [6.07, 6.45) is 1.22. The average Bonchev–Trinajstić information content (AvgIpc) is 3.48. The standard InChI is InChI=1S/C34H29Br2N3O5S/c1-4-9-24-28(33(42)44-5-2)29(23-17-21(36)13-15-26(23)43-3)39-32(41)30(45-34(39)37-24)27-22-16-20(35)12-14-25(22)38(31(27)40)18-19-10-7-6-8-11-19/h6-8,10-17,29H,4-5,9,18H2,1-3H3/b30-27+/t29-/m1/s1. The summed E-state index contributed by atoms with van der Waals surface area (Å²) in [4.78, 5) is 49.5. The van der Waals surface area contributed by atoms with Crippen LogP contribution in [0.25, 0.3) is 5.57 Å². The third-order valence-corrected chi connectivity index (χ3v) is 9.78. The highest BCUT2D eigenvalue weighted by molar-refractivity contribution is 9.10. The summed E-state index contributed by atoms with van der Waals surface area (Å²) in [7, 11) is 1.55. The van der Waals surface area contributed by atoms with Crippen LogP contribution in [0.1, 0.15) is 49.4 Å². The molecule has 0 fully saturated rings. The molecular formula is C34H29Br2N3O5S. The first-order valence-corrected chi connectivity index (χ1v) is 16.9. The van der Waals surface area contributed by atoms with E-state index >= 15 is 0 Å². The Morgan fingerprint density at radius 2 is 1.73 bits per heavy atom. The van der Waals surface area contributed by atoms with E-state index in [-0.39, 0.29) is 22.6 Å². The molecule has 6 rings (SSSR count). The van der Waals surface area contributed by atoms with E-state index < -0.39 is 17.6 Å². The number of esters is 1. The lowest BCUT2D eigenvalue weighted by molar-refractivity contribution is -0.139. The molecule has 1 aromatic heterocycles. The van der Waals surface area contributed by atoms with E-state index in [9.17, 15) is 14.4 Å². The Morgan fingerprint density at radius 1 is 1.00 bits per heavy atom. The summed E-state index contributed by atoms with van der Waals surface area (Å²) in [5, 5.41) is 0. The lowest BCUT2D eigenvalue weighted by atomic mass is 9.93. The number of hydrogen-bond donors (Lipinski definition) is 0. The first kappa shape index (κ1) is 31.2. The first-order valence-electron chi connectivity index (χ1n) is 14.5. The quantitative estimate of drug-likeness (QED) is 0.205. The third-order valence-electron chi connectivity index (χ3n) is 7.74. The molecule has 3 heterocycles. The fourth-order valence-electron chi connectivity index (χ4n) is 5.83. The van der Waals surface area contributed by atoms with Crippen molar-refractivity contribution in [1.29, 1.82) is 0 Å². The molecule has 0 radical (unpaired) electrons. The minimum atomic E-state index is -0.887. The smallest absolute Gasteiger partial charge is 0.338 e. The number of nitrogens with zero attached hydrogens (tertiary/aromatic N) is 3. The molecule has 8 nitrogen and oxygen atoms in total. The van der Waals surface area contributed by atoms with Crippen molar-refractivity contribution in [2.24, 2.45) is 4.99 Å². The van der Waals surface area contributed by atoms with Crippen molar-refractivity contribution in [2.45, 2.75) is 39.3 Å². The van der Waals surface area contributed by atoms with Gasteiger partial charge >= 0.3 is 5.97 Å². The molecule has 2 aliphatic heterocycles. The summed E-state index contributed by atoms with van der Waals surface area (Å²) in [5.74, 6) is -0.316. The molecule has 230 valence electrons. The van der Waals surface area contributed by atoms with Crippen molar-refractivity contribution in [3.63, 3.8) is 0 Å². The number of thiazole rings is 1. The second kappa shape index (κ2) is 12.9. The van der Waals surface area contributed by atoms with Crippen LogP contribution in [0, 0.1) is 0 Å². The Bertz CT molecular complexity index is 2050. The van der Waals surface area contributed by atoms with E-state index in [1.54, 1.807) is 25.0 Å². The summed E-state index contributed by atoms with van der Waals surface area (Å²) >= 11 is 8.27. The maximum Gasteiger partial charge on any atom is 0.338 e. The van der Waals surface area contributed by atoms with Gasteiger partial charge in [-0.05, 0) is 55.3 Å². The van der Waals surface area contributed by atoms with Gasteiger partial charge in [-0.2, -0.15) is 0 Å². The van der Waals surface area contributed by atoms with Crippen LogP contribution in [0.3, 0.4) is 0 Å². The molecular weight excluding hydrogens is 722 g/mol. The molecule has 0 spiro atoms. The number of aromatic nitrogens is 1. The number of hydrogen-bond acceptors (Lipinski definition) is 7. The SMILES string of the molecule is CCCC1=C(C(=O)OCC)[C@@H](c2cc(Br)ccc2OC)n2c(s/c(=C3/C(=O)N(Cc4ccccc4)c4ccc(Br)cc43)c2=O)=N1. The minimum absolute atomic E-state index is 0.163. The normalized spacial score (nSPS) is 16.8. The monoisotopic (exact) mass is 749 g/mol. The molecule has 2 aliphatic rings. The zero-order valence-corrected chi connectivity index (χ0v) is 28.8. The van der Waals surface area contributed by atoms with Crippen LogP contribution >= 0.6 is 43.2 Å². The van der Waals surface area contributed by atoms with Gasteiger partial charge in [0.2, 0.25) is 0 Å². The Hall–Kier alpha value is -3.80. The fraction of sp³-hybridized carbons (Fsp3) is 0.235. The number of rotatable bonds is 8. The molecule has 0 N–H and O–H groups in total. The molecule has 0 bridgehead atoms. The third kappa shape index (κ3) is 5.62. The van der Waals surface area contributed by atoms with Crippen molar-refractivity contribution >= 4 is 66.3 Å². The molecule has 0 saturated carbocycles. The number of carbonyl (C=O) groups excluding carboxylic acids is 2. The minimum Gasteiger partial charge on any atom is -0.496 e. The number of ether oxygens (including phenoxy) is 2. The van der Waals surface area contributed by atoms with Crippen LogP contribution in [0.4, 0.5) is 5.69 Å². The van der Waals surface area contributed by atoms with Gasteiger partial charge in [0.1, 0.15) is 16.3 Å². The van der Waals surface area contributed by atoms with Crippen molar-refractivity contribution < 1.29 is 19.1 Å². The molecule has 1 atom stereocenters. The van der Waals surface area contributed by atoms with E-state index in [2.05, 4.69) is 31.9 Å². The van der Waals surface area contributed by atoms with E-state index in [0.717, 1.165) is 38.0 Å². The molecule has 11 heteroatoms. The predicted molar refractivity (Wildman–Crippen MR) is 181 cm³/mol. The van der Waals surface area contributed by atoms with E-state index in [1.807, 2.05) is 67.6 Å². The summed E-state index contributed by atoms with van der Waals surface area (Å²) < 4.78 is 14.6. The van der Waals surface area contributed by atoms with Crippen molar-refractivity contribution in [1.82, 2.24) is 4.57 Å². The van der Waals surface area contributed by atoms with E-state index in [0.29, 0.717) is 45.9 Å². The summed E-state index contributed by atoms with van der Waals surface area (Å²) in [6, 6.07) is 19.9. The highest BCUT2D eigenvalue weighted by atomic mass is 79.9. The van der Waals surface area contributed by atoms with Crippen molar-refractivity contribution in [3.8, 4) is 5.75 Å². The maximum absolute atomic E-state index is 14.6. The van der Waals surface area contributed by atoms with Gasteiger partial charge in [-0.1, -0.05) is 86.9 Å². The predicted octanol–water partition coefficient (Wildman–Crippen LogP) is 6.03. The molecule has 0 unspecified atom stereocenters. The summed E-state index contributed by atoms with van der Waals surface area (Å²) in [5.41, 5.74) is 3.67. The zero-order chi connectivity index (χ0) is 31.8. The molecule has 4 aromatic rings. The van der Waals surface area contributed by atoms with E-state index in [1.165, 1.54) is 4.57 Å². The topological polar surface area (TPSA) is 90.2 Å². The summed E-state index contributed by atoms with van der Waals surface area (Å²) in [6.45, 7) is 4.26. The van der Waals surface area contributed by atoms with Gasteiger partial charge in [-0.15, -0.1) is 0 Å². The van der Waals surface area contributed by atoms with Crippen LogP contribution in [0.2, 0.25) is 0 Å². The van der Waals surface area contributed by atoms with Crippen LogP contribution < -0.4 is 24.5 Å². The molecule has 3 aromatic carbocycles. The first-order chi connectivity index (χ1) is 21.8. The largest absolute Gasteiger partial charge is 0.496 e. The average molecular weight is 751 g/mol. The van der Waals surface area contributed by atoms with Crippen LogP contribution in [-0.2, 0) is 20.9 Å². The van der Waals surface area contributed by atoms with E-state index in [4.69, 9.17) is 14.5 Å². The number of anilines is 1. The van der Waals surface area contributed by atoms with Crippen LogP contribution in [0.15, 0.2) is 96.7 Å². The number of benzene rings is 3. The molecule has 0 aliphatic carbocycles. The van der Waals surface area contributed by atoms with Gasteiger partial charge in [0.25, 0.3) is 11.5 Å². The molecule has 0 saturated heterocycles. The Morgan fingerprint density at radius 3 is 2.44 bits per heavy atom. The highest BCUT2D eigenvalue weighted by Gasteiger charge is 2.39. The fourth-order valence-corrected chi connectivity index (χ4v) is 7.68. The van der Waals surface area contributed by atoms with Gasteiger partial charge in [0.15, 0.2) is 4.80 Å². The Labute approximate surface area is 280 Å². The Kier molecular flexibility index (Phi) is 8.94. The van der Waals surface area contributed by atoms with Gasteiger partial charge in [-0.25, -0.2) is 9.79 Å². The van der Waals surface area contributed by atoms with Gasteiger partial charge in [-0.3, -0.25) is 14.2 Å². The maximum atomic E-state index is 14.6. The lowest BCUT2D eigenvalue weighted by Gasteiger charge is -2.27. The molecule has 1 amide bonds. The van der Waals surface area contributed by atoms with Crippen molar-refractivity contribution in [3.05, 3.63) is 123 Å². The van der Waals surface area contributed by atoms with Gasteiger partial charge < -0.3 is 14.4 Å². The van der Waals surface area contributed by atoms with Crippen LogP contribution in [0.5, 0.6) is 5.75 Å². The van der Waals surface area contributed by atoms with Crippen molar-refractivity contribution in [2.75, 3.05) is 18.6 Å². The second-order valence-corrected chi connectivity index (χ2v) is 13.3. The number of amides is 1. The van der Waals surface area contributed by atoms with Gasteiger partial charge in [0.05, 0.1) is 42.8 Å². The van der Waals surface area contributed by atoms with Crippen LogP contribution in [-0.4, -0.2) is 30.2 Å². The highest BCUT2D eigenvalue weighted by Crippen LogP contribution is 2.40.